The maximum Gasteiger partial charge on any atom is 0.338 e. The number of hydrogen-bond acceptors (Lipinski definition) is 4. The normalized spacial score (nSPS) is 15.2. The van der Waals surface area contributed by atoms with E-state index in [1.54, 1.807) is 6.07 Å². The minimum Gasteiger partial charge on any atom is -0.460 e. The van der Waals surface area contributed by atoms with Crippen LogP contribution in [0.3, 0.4) is 0 Å². The molecule has 2 rings (SSSR count). The van der Waals surface area contributed by atoms with Crippen molar-refractivity contribution in [3.05, 3.63) is 35.4 Å². The third-order valence-corrected chi connectivity index (χ3v) is 4.09. The van der Waals surface area contributed by atoms with Gasteiger partial charge in [0.1, 0.15) is 6.61 Å². The Morgan fingerprint density at radius 1 is 1.17 bits per heavy atom. The van der Waals surface area contributed by atoms with Crippen LogP contribution in [0.4, 0.5) is 0 Å². The summed E-state index contributed by atoms with van der Waals surface area (Å²) in [4.78, 5) is 26.0. The first kappa shape index (κ1) is 17.5. The number of rotatable bonds is 7. The molecule has 1 aromatic carbocycles. The summed E-state index contributed by atoms with van der Waals surface area (Å²) in [5.41, 5.74) is 1.58. The van der Waals surface area contributed by atoms with Gasteiger partial charge in [-0.25, -0.2) is 4.79 Å². The molecule has 1 aliphatic heterocycles. The second-order valence-electron chi connectivity index (χ2n) is 5.83. The highest BCUT2D eigenvalue weighted by molar-refractivity contribution is 5.91. The van der Waals surface area contributed by atoms with Gasteiger partial charge in [-0.15, -0.1) is 0 Å². The van der Waals surface area contributed by atoms with Crippen LogP contribution in [-0.4, -0.2) is 49.6 Å². The van der Waals surface area contributed by atoms with E-state index in [9.17, 15) is 9.59 Å². The van der Waals surface area contributed by atoms with E-state index in [2.05, 4.69) is 10.2 Å². The molecule has 0 aliphatic carbocycles. The zero-order chi connectivity index (χ0) is 16.5. The predicted octanol–water partition coefficient (Wildman–Crippen LogP) is 2.01. The molecule has 1 N–H and O–H groups in total. The van der Waals surface area contributed by atoms with Crippen molar-refractivity contribution in [2.75, 3.05) is 32.8 Å². The Morgan fingerprint density at radius 3 is 2.65 bits per heavy atom. The van der Waals surface area contributed by atoms with Crippen LogP contribution < -0.4 is 5.32 Å². The van der Waals surface area contributed by atoms with Gasteiger partial charge in [0, 0.05) is 0 Å². The molecular formula is C18H26N2O3. The largest absolute Gasteiger partial charge is 0.460 e. The van der Waals surface area contributed by atoms with Crippen molar-refractivity contribution in [2.24, 2.45) is 0 Å². The lowest BCUT2D eigenvalue weighted by atomic mass is 10.1. The molecule has 1 aromatic rings. The number of esters is 1. The average molecular weight is 318 g/mol. The van der Waals surface area contributed by atoms with Crippen LogP contribution in [0.2, 0.25) is 0 Å². The first-order valence-corrected chi connectivity index (χ1v) is 8.44. The summed E-state index contributed by atoms with van der Waals surface area (Å²) in [6, 6.07) is 7.44. The SMILES string of the molecule is CCc1ccccc1C(=O)OCCNC(=O)CN1CCCCC1. The van der Waals surface area contributed by atoms with Crippen LogP contribution in [-0.2, 0) is 16.0 Å². The standard InChI is InChI=1S/C18H26N2O3/c1-2-15-8-4-5-9-16(15)18(22)23-13-10-19-17(21)14-20-11-6-3-7-12-20/h4-5,8-9H,2-3,6-7,10-14H2,1H3,(H,19,21). The van der Waals surface area contributed by atoms with E-state index in [1.807, 2.05) is 25.1 Å². The van der Waals surface area contributed by atoms with Crippen molar-refractivity contribution in [2.45, 2.75) is 32.6 Å². The highest BCUT2D eigenvalue weighted by atomic mass is 16.5. The second-order valence-corrected chi connectivity index (χ2v) is 5.83. The smallest absolute Gasteiger partial charge is 0.338 e. The molecule has 1 saturated heterocycles. The number of nitrogens with zero attached hydrogens (tertiary/aromatic N) is 1. The van der Waals surface area contributed by atoms with Crippen LogP contribution in [0.25, 0.3) is 0 Å². The van der Waals surface area contributed by atoms with Gasteiger partial charge >= 0.3 is 5.97 Å². The van der Waals surface area contributed by atoms with Crippen LogP contribution in [0.5, 0.6) is 0 Å². The maximum atomic E-state index is 12.0. The van der Waals surface area contributed by atoms with Crippen LogP contribution in [0, 0.1) is 0 Å². The van der Waals surface area contributed by atoms with Gasteiger partial charge in [-0.3, -0.25) is 9.69 Å². The quantitative estimate of drug-likeness (QED) is 0.617. The van der Waals surface area contributed by atoms with Gasteiger partial charge < -0.3 is 10.1 Å². The summed E-state index contributed by atoms with van der Waals surface area (Å²) in [5.74, 6) is -0.329. The number of nitrogens with one attached hydrogen (secondary N) is 1. The Morgan fingerprint density at radius 2 is 1.91 bits per heavy atom. The van der Waals surface area contributed by atoms with Crippen molar-refractivity contribution >= 4 is 11.9 Å². The zero-order valence-corrected chi connectivity index (χ0v) is 13.8. The van der Waals surface area contributed by atoms with Gasteiger partial charge in [0.25, 0.3) is 0 Å². The molecule has 0 unspecified atom stereocenters. The lowest BCUT2D eigenvalue weighted by molar-refractivity contribution is -0.122. The van der Waals surface area contributed by atoms with E-state index in [0.29, 0.717) is 18.7 Å². The summed E-state index contributed by atoms with van der Waals surface area (Å²) < 4.78 is 5.24. The molecule has 1 aliphatic rings. The molecule has 1 fully saturated rings. The molecule has 0 spiro atoms. The van der Waals surface area contributed by atoms with E-state index in [0.717, 1.165) is 25.1 Å². The molecule has 0 radical (unpaired) electrons. The Kier molecular flexibility index (Phi) is 7.07. The highest BCUT2D eigenvalue weighted by Gasteiger charge is 2.14. The fourth-order valence-electron chi connectivity index (χ4n) is 2.82. The van der Waals surface area contributed by atoms with Crippen molar-refractivity contribution in [3.63, 3.8) is 0 Å². The van der Waals surface area contributed by atoms with Gasteiger partial charge in [0.05, 0.1) is 18.7 Å². The van der Waals surface area contributed by atoms with E-state index >= 15 is 0 Å². The minimum atomic E-state index is -0.326. The zero-order valence-electron chi connectivity index (χ0n) is 13.8. The number of carbonyl (C=O) groups is 2. The number of aryl methyl sites for hydroxylation is 1. The summed E-state index contributed by atoms with van der Waals surface area (Å²) in [6.45, 7) is 4.99. The fraction of sp³-hybridized carbons (Fsp3) is 0.556. The molecule has 0 aromatic heterocycles. The highest BCUT2D eigenvalue weighted by Crippen LogP contribution is 2.10. The topological polar surface area (TPSA) is 58.6 Å². The van der Waals surface area contributed by atoms with Gasteiger partial charge in [0.2, 0.25) is 5.91 Å². The molecule has 5 nitrogen and oxygen atoms in total. The molecular weight excluding hydrogens is 292 g/mol. The van der Waals surface area contributed by atoms with E-state index in [-0.39, 0.29) is 18.5 Å². The third kappa shape index (κ3) is 5.67. The predicted molar refractivity (Wildman–Crippen MR) is 89.4 cm³/mol. The number of amides is 1. The third-order valence-electron chi connectivity index (χ3n) is 4.09. The molecule has 5 heteroatoms. The van der Waals surface area contributed by atoms with E-state index < -0.39 is 0 Å². The molecule has 1 heterocycles. The molecule has 0 bridgehead atoms. The summed E-state index contributed by atoms with van der Waals surface area (Å²) >= 11 is 0. The van der Waals surface area contributed by atoms with Crippen molar-refractivity contribution in [3.8, 4) is 0 Å². The lowest BCUT2D eigenvalue weighted by Gasteiger charge is -2.25. The maximum absolute atomic E-state index is 12.0. The monoisotopic (exact) mass is 318 g/mol. The number of benzene rings is 1. The summed E-state index contributed by atoms with van der Waals surface area (Å²) in [6.07, 6.45) is 4.38. The Labute approximate surface area is 138 Å². The number of hydrogen-bond donors (Lipinski definition) is 1. The van der Waals surface area contributed by atoms with Gasteiger partial charge in [0.15, 0.2) is 0 Å². The van der Waals surface area contributed by atoms with Gasteiger partial charge in [-0.05, 0) is 44.0 Å². The molecule has 23 heavy (non-hydrogen) atoms. The lowest BCUT2D eigenvalue weighted by Crippen LogP contribution is -2.40. The Balaban J connectivity index is 1.66. The average Bonchev–Trinajstić information content (AvgIpc) is 2.59. The first-order valence-electron chi connectivity index (χ1n) is 8.44. The van der Waals surface area contributed by atoms with Gasteiger partial charge in [-0.1, -0.05) is 31.5 Å². The number of piperidine rings is 1. The van der Waals surface area contributed by atoms with Crippen LogP contribution >= 0.6 is 0 Å². The first-order chi connectivity index (χ1) is 11.2. The minimum absolute atomic E-state index is 0.00286. The second kappa shape index (κ2) is 9.30. The summed E-state index contributed by atoms with van der Waals surface area (Å²) in [7, 11) is 0. The molecule has 1 amide bonds. The van der Waals surface area contributed by atoms with Crippen molar-refractivity contribution < 1.29 is 14.3 Å². The Hall–Kier alpha value is -1.88. The number of carbonyl (C=O) groups excluding carboxylic acids is 2. The number of likely N-dealkylation sites (tertiary alicyclic amines) is 1. The van der Waals surface area contributed by atoms with E-state index in [4.69, 9.17) is 4.74 Å². The Bertz CT molecular complexity index is 525. The number of ether oxygens (including phenoxy) is 1. The molecule has 0 saturated carbocycles. The fourth-order valence-corrected chi connectivity index (χ4v) is 2.82. The van der Waals surface area contributed by atoms with Crippen molar-refractivity contribution in [1.29, 1.82) is 0 Å². The summed E-state index contributed by atoms with van der Waals surface area (Å²) in [5, 5.41) is 2.81. The van der Waals surface area contributed by atoms with E-state index in [1.165, 1.54) is 19.3 Å². The van der Waals surface area contributed by atoms with Crippen LogP contribution in [0.1, 0.15) is 42.1 Å². The van der Waals surface area contributed by atoms with Crippen LogP contribution in [0.15, 0.2) is 24.3 Å². The van der Waals surface area contributed by atoms with Gasteiger partial charge in [-0.2, -0.15) is 0 Å². The molecule has 126 valence electrons. The molecule has 0 atom stereocenters. The van der Waals surface area contributed by atoms with Crippen molar-refractivity contribution in [1.82, 2.24) is 10.2 Å².